The van der Waals surface area contributed by atoms with Crippen LogP contribution in [0.25, 0.3) is 0 Å². The zero-order valence-electron chi connectivity index (χ0n) is 13.1. The molecule has 1 fully saturated rings. The number of nitrogens with zero attached hydrogens (tertiary/aromatic N) is 1. The fraction of sp³-hybridized carbons (Fsp3) is 0.588. The molecule has 3 heteroatoms. The Hall–Kier alpha value is -1.51. The van der Waals surface area contributed by atoms with Crippen molar-refractivity contribution in [1.29, 1.82) is 0 Å². The summed E-state index contributed by atoms with van der Waals surface area (Å²) in [7, 11) is 1.90. The van der Waals surface area contributed by atoms with Gasteiger partial charge in [0.15, 0.2) is 0 Å². The molecule has 1 N–H and O–H groups in total. The van der Waals surface area contributed by atoms with E-state index in [1.54, 1.807) is 0 Å². The number of likely N-dealkylation sites (tertiary alicyclic amines) is 1. The largest absolute Gasteiger partial charge is 0.388 e. The maximum atomic E-state index is 12.5. The maximum Gasteiger partial charge on any atom is 0.253 e. The van der Waals surface area contributed by atoms with Crippen LogP contribution in [0.2, 0.25) is 0 Å². The van der Waals surface area contributed by atoms with Gasteiger partial charge in [0.25, 0.3) is 5.91 Å². The van der Waals surface area contributed by atoms with E-state index < -0.39 is 0 Å². The van der Waals surface area contributed by atoms with Gasteiger partial charge in [0, 0.05) is 31.4 Å². The number of carbonyl (C=O) groups excluding carboxylic acids is 1. The summed E-state index contributed by atoms with van der Waals surface area (Å²) in [6.07, 6.45) is 2.27. The number of piperidine rings is 1. The fourth-order valence-electron chi connectivity index (χ4n) is 3.03. The average Bonchev–Trinajstić information content (AvgIpc) is 2.46. The molecule has 0 aromatic heterocycles. The third-order valence-corrected chi connectivity index (χ3v) is 4.51. The first-order valence-corrected chi connectivity index (χ1v) is 7.60. The third-order valence-electron chi connectivity index (χ3n) is 4.51. The first-order valence-electron chi connectivity index (χ1n) is 7.60. The minimum atomic E-state index is 0.179. The smallest absolute Gasteiger partial charge is 0.253 e. The van der Waals surface area contributed by atoms with Gasteiger partial charge in [-0.05, 0) is 55.4 Å². The van der Waals surface area contributed by atoms with E-state index in [0.717, 1.165) is 54.6 Å². The Labute approximate surface area is 122 Å². The van der Waals surface area contributed by atoms with E-state index in [-0.39, 0.29) is 5.91 Å². The molecule has 0 unspecified atom stereocenters. The lowest BCUT2D eigenvalue weighted by Crippen LogP contribution is -2.39. The van der Waals surface area contributed by atoms with Crippen LogP contribution in [0.1, 0.15) is 42.6 Å². The van der Waals surface area contributed by atoms with Crippen LogP contribution in [0.15, 0.2) is 18.2 Å². The second-order valence-corrected chi connectivity index (χ2v) is 6.15. The SMILES string of the molecule is CNc1ccc(C(=O)N2CCC(C(C)C)CC2)cc1C. The minimum Gasteiger partial charge on any atom is -0.388 e. The lowest BCUT2D eigenvalue weighted by atomic mass is 9.86. The van der Waals surface area contributed by atoms with E-state index in [9.17, 15) is 4.79 Å². The standard InChI is InChI=1S/C17H26N2O/c1-12(2)14-7-9-19(10-8-14)17(20)15-5-6-16(18-4)13(3)11-15/h5-6,11-12,14,18H,7-10H2,1-4H3. The first-order chi connectivity index (χ1) is 9.52. The second-order valence-electron chi connectivity index (χ2n) is 6.15. The fourth-order valence-corrected chi connectivity index (χ4v) is 3.03. The summed E-state index contributed by atoms with van der Waals surface area (Å²) in [5.41, 5.74) is 3.01. The van der Waals surface area contributed by atoms with Crippen LogP contribution in [0.4, 0.5) is 5.69 Å². The van der Waals surface area contributed by atoms with Crippen LogP contribution in [0, 0.1) is 18.8 Å². The van der Waals surface area contributed by atoms with Crippen LogP contribution in [0.5, 0.6) is 0 Å². The number of amides is 1. The van der Waals surface area contributed by atoms with Crippen molar-refractivity contribution in [2.24, 2.45) is 11.8 Å². The summed E-state index contributed by atoms with van der Waals surface area (Å²) >= 11 is 0. The van der Waals surface area contributed by atoms with E-state index in [1.165, 1.54) is 0 Å². The van der Waals surface area contributed by atoms with Crippen molar-refractivity contribution in [2.45, 2.75) is 33.6 Å². The number of anilines is 1. The Morgan fingerprint density at radius 3 is 2.45 bits per heavy atom. The monoisotopic (exact) mass is 274 g/mol. The summed E-state index contributed by atoms with van der Waals surface area (Å²) in [5.74, 6) is 1.68. The molecule has 0 radical (unpaired) electrons. The predicted octanol–water partition coefficient (Wildman–Crippen LogP) is 3.54. The number of aryl methyl sites for hydroxylation is 1. The van der Waals surface area contributed by atoms with Crippen LogP contribution in [0.3, 0.4) is 0 Å². The normalized spacial score (nSPS) is 16.6. The Bertz CT molecular complexity index is 474. The van der Waals surface area contributed by atoms with E-state index in [2.05, 4.69) is 19.2 Å². The molecule has 1 aliphatic rings. The lowest BCUT2D eigenvalue weighted by molar-refractivity contribution is 0.0667. The van der Waals surface area contributed by atoms with E-state index in [0.29, 0.717) is 0 Å². The first kappa shape index (κ1) is 14.9. The topological polar surface area (TPSA) is 32.3 Å². The molecule has 0 spiro atoms. The number of rotatable bonds is 3. The van der Waals surface area contributed by atoms with Crippen molar-refractivity contribution in [2.75, 3.05) is 25.5 Å². The zero-order chi connectivity index (χ0) is 14.7. The molecule has 0 aliphatic carbocycles. The zero-order valence-corrected chi connectivity index (χ0v) is 13.1. The summed E-state index contributed by atoms with van der Waals surface area (Å²) in [4.78, 5) is 14.5. The number of nitrogens with one attached hydrogen (secondary N) is 1. The molecule has 1 heterocycles. The van der Waals surface area contributed by atoms with Gasteiger partial charge < -0.3 is 10.2 Å². The molecular formula is C17H26N2O. The third kappa shape index (κ3) is 3.14. The van der Waals surface area contributed by atoms with Crippen LogP contribution in [-0.4, -0.2) is 30.9 Å². The summed E-state index contributed by atoms with van der Waals surface area (Å²) < 4.78 is 0. The molecule has 1 aliphatic heterocycles. The number of hydrogen-bond donors (Lipinski definition) is 1. The van der Waals surface area contributed by atoms with Gasteiger partial charge in [-0.3, -0.25) is 4.79 Å². The van der Waals surface area contributed by atoms with Gasteiger partial charge in [-0.15, -0.1) is 0 Å². The summed E-state index contributed by atoms with van der Waals surface area (Å²) in [6, 6.07) is 5.90. The van der Waals surface area contributed by atoms with Crippen LogP contribution >= 0.6 is 0 Å². The summed E-state index contributed by atoms with van der Waals surface area (Å²) in [6.45, 7) is 8.39. The van der Waals surface area contributed by atoms with Crippen molar-refractivity contribution in [1.82, 2.24) is 4.90 Å². The highest BCUT2D eigenvalue weighted by Crippen LogP contribution is 2.26. The molecule has 0 saturated carbocycles. The molecule has 0 bridgehead atoms. The number of hydrogen-bond acceptors (Lipinski definition) is 2. The van der Waals surface area contributed by atoms with Gasteiger partial charge >= 0.3 is 0 Å². The summed E-state index contributed by atoms with van der Waals surface area (Å²) in [5, 5.41) is 3.13. The average molecular weight is 274 g/mol. The second kappa shape index (κ2) is 6.29. The van der Waals surface area contributed by atoms with Gasteiger partial charge in [-0.25, -0.2) is 0 Å². The molecule has 0 atom stereocenters. The quantitative estimate of drug-likeness (QED) is 0.914. The van der Waals surface area contributed by atoms with Crippen molar-refractivity contribution in [3.05, 3.63) is 29.3 Å². The number of carbonyl (C=O) groups is 1. The van der Waals surface area contributed by atoms with Gasteiger partial charge in [0.05, 0.1) is 0 Å². The maximum absolute atomic E-state index is 12.5. The van der Waals surface area contributed by atoms with Crippen molar-refractivity contribution in [3.8, 4) is 0 Å². The Balaban J connectivity index is 2.04. The van der Waals surface area contributed by atoms with Crippen LogP contribution in [-0.2, 0) is 0 Å². The molecule has 3 nitrogen and oxygen atoms in total. The molecule has 110 valence electrons. The van der Waals surface area contributed by atoms with Crippen molar-refractivity contribution >= 4 is 11.6 Å². The Kier molecular flexibility index (Phi) is 4.69. The molecule has 1 amide bonds. The van der Waals surface area contributed by atoms with E-state index >= 15 is 0 Å². The highest BCUT2D eigenvalue weighted by atomic mass is 16.2. The van der Waals surface area contributed by atoms with Crippen LogP contribution < -0.4 is 5.32 Å². The van der Waals surface area contributed by atoms with Gasteiger partial charge in [0.1, 0.15) is 0 Å². The van der Waals surface area contributed by atoms with Gasteiger partial charge in [-0.2, -0.15) is 0 Å². The molecule has 1 aromatic carbocycles. The van der Waals surface area contributed by atoms with Gasteiger partial charge in [0.2, 0.25) is 0 Å². The van der Waals surface area contributed by atoms with E-state index in [4.69, 9.17) is 0 Å². The van der Waals surface area contributed by atoms with Gasteiger partial charge in [-0.1, -0.05) is 13.8 Å². The molecule has 1 saturated heterocycles. The molecule has 2 rings (SSSR count). The van der Waals surface area contributed by atoms with Crippen molar-refractivity contribution < 1.29 is 4.79 Å². The molecule has 20 heavy (non-hydrogen) atoms. The predicted molar refractivity (Wildman–Crippen MR) is 84.2 cm³/mol. The molecule has 1 aromatic rings. The Morgan fingerprint density at radius 1 is 1.30 bits per heavy atom. The highest BCUT2D eigenvalue weighted by molar-refractivity contribution is 5.95. The van der Waals surface area contributed by atoms with E-state index in [1.807, 2.05) is 37.1 Å². The minimum absolute atomic E-state index is 0.179. The van der Waals surface area contributed by atoms with Crippen molar-refractivity contribution in [3.63, 3.8) is 0 Å². The Morgan fingerprint density at radius 2 is 1.95 bits per heavy atom. The highest BCUT2D eigenvalue weighted by Gasteiger charge is 2.25. The number of benzene rings is 1. The lowest BCUT2D eigenvalue weighted by Gasteiger charge is -2.34. The molecular weight excluding hydrogens is 248 g/mol.